The van der Waals surface area contributed by atoms with Gasteiger partial charge < -0.3 is 5.11 Å². The molecule has 0 atom stereocenters. The van der Waals surface area contributed by atoms with E-state index in [2.05, 4.69) is 4.98 Å². The van der Waals surface area contributed by atoms with Crippen molar-refractivity contribution in [3.63, 3.8) is 0 Å². The molecule has 1 aromatic carbocycles. The van der Waals surface area contributed by atoms with Gasteiger partial charge in [-0.15, -0.1) is 0 Å². The topological polar surface area (TPSA) is 96.4 Å². The van der Waals surface area contributed by atoms with E-state index in [0.717, 1.165) is 18.3 Å². The van der Waals surface area contributed by atoms with E-state index in [0.29, 0.717) is 12.1 Å². The van der Waals surface area contributed by atoms with Crippen LogP contribution in [0.4, 0.5) is 14.6 Å². The second-order valence-corrected chi connectivity index (χ2v) is 5.60. The third kappa shape index (κ3) is 3.31. The summed E-state index contributed by atoms with van der Waals surface area (Å²) in [6, 6.07) is 4.24. The highest BCUT2D eigenvalue weighted by molar-refractivity contribution is 7.92. The summed E-state index contributed by atoms with van der Waals surface area (Å²) in [5.41, 5.74) is -0.173. The molecule has 0 aliphatic rings. The van der Waals surface area contributed by atoms with Gasteiger partial charge in [0, 0.05) is 6.20 Å². The number of halogens is 2. The van der Waals surface area contributed by atoms with Gasteiger partial charge in [0.05, 0.1) is 10.5 Å². The molecule has 21 heavy (non-hydrogen) atoms. The lowest BCUT2D eigenvalue weighted by atomic mass is 10.3. The molecule has 2 aromatic rings. The number of pyridine rings is 1. The number of nitrogens with zero attached hydrogens (tertiary/aromatic N) is 1. The molecular formula is C12H8F2N2O4S. The molecule has 0 bridgehead atoms. The predicted molar refractivity (Wildman–Crippen MR) is 68.4 cm³/mol. The number of carboxylic acid groups (broad SMARTS) is 1. The maximum atomic E-state index is 13.1. The zero-order chi connectivity index (χ0) is 15.6. The Morgan fingerprint density at radius 1 is 1.14 bits per heavy atom. The molecule has 1 aromatic heterocycles. The van der Waals surface area contributed by atoms with Crippen LogP contribution in [0.2, 0.25) is 0 Å². The van der Waals surface area contributed by atoms with E-state index in [1.54, 1.807) is 0 Å². The van der Waals surface area contributed by atoms with Crippen molar-refractivity contribution in [1.82, 2.24) is 4.98 Å². The summed E-state index contributed by atoms with van der Waals surface area (Å²) in [7, 11) is -4.21. The first-order valence-corrected chi connectivity index (χ1v) is 6.95. The number of benzene rings is 1. The first-order valence-electron chi connectivity index (χ1n) is 5.47. The third-order valence-electron chi connectivity index (χ3n) is 2.45. The molecular weight excluding hydrogens is 306 g/mol. The molecule has 2 rings (SSSR count). The summed E-state index contributed by atoms with van der Waals surface area (Å²) in [5.74, 6) is -4.00. The highest BCUT2D eigenvalue weighted by atomic mass is 32.2. The standard InChI is InChI=1S/C12H8F2N2O4S/c13-9-2-1-8(6-10(9)14)21(19,20)16-11-5-7(12(17)18)3-4-15-11/h1-6H,(H,15,16)(H,17,18). The highest BCUT2D eigenvalue weighted by Crippen LogP contribution is 2.17. The van der Waals surface area contributed by atoms with Gasteiger partial charge in [0.15, 0.2) is 11.6 Å². The second-order valence-electron chi connectivity index (χ2n) is 3.92. The summed E-state index contributed by atoms with van der Waals surface area (Å²) < 4.78 is 51.7. The first kappa shape index (κ1) is 14.9. The maximum absolute atomic E-state index is 13.1. The Bertz CT molecular complexity index is 809. The molecule has 2 N–H and O–H groups in total. The lowest BCUT2D eigenvalue weighted by Gasteiger charge is -2.08. The average Bonchev–Trinajstić information content (AvgIpc) is 2.41. The van der Waals surface area contributed by atoms with Crippen LogP contribution >= 0.6 is 0 Å². The van der Waals surface area contributed by atoms with Crippen molar-refractivity contribution in [1.29, 1.82) is 0 Å². The van der Waals surface area contributed by atoms with E-state index in [1.807, 2.05) is 4.72 Å². The average molecular weight is 314 g/mol. The van der Waals surface area contributed by atoms with Crippen molar-refractivity contribution in [3.05, 3.63) is 53.7 Å². The van der Waals surface area contributed by atoms with Gasteiger partial charge in [-0.3, -0.25) is 4.72 Å². The van der Waals surface area contributed by atoms with Gasteiger partial charge in [-0.1, -0.05) is 0 Å². The summed E-state index contributed by atoms with van der Waals surface area (Å²) >= 11 is 0. The van der Waals surface area contributed by atoms with Crippen LogP contribution in [0.25, 0.3) is 0 Å². The third-order valence-corrected chi connectivity index (χ3v) is 3.80. The molecule has 0 aliphatic carbocycles. The van der Waals surface area contributed by atoms with Crippen LogP contribution in [0.15, 0.2) is 41.4 Å². The van der Waals surface area contributed by atoms with Gasteiger partial charge in [0.1, 0.15) is 5.82 Å². The largest absolute Gasteiger partial charge is 0.478 e. The number of aromatic carboxylic acids is 1. The van der Waals surface area contributed by atoms with Gasteiger partial charge in [-0.2, -0.15) is 0 Å². The molecule has 0 saturated carbocycles. The van der Waals surface area contributed by atoms with Crippen molar-refractivity contribution in [2.45, 2.75) is 4.90 Å². The number of aromatic nitrogens is 1. The van der Waals surface area contributed by atoms with Gasteiger partial charge in [-0.05, 0) is 30.3 Å². The van der Waals surface area contributed by atoms with Crippen LogP contribution in [-0.2, 0) is 10.0 Å². The zero-order valence-electron chi connectivity index (χ0n) is 10.2. The van der Waals surface area contributed by atoms with E-state index >= 15 is 0 Å². The smallest absolute Gasteiger partial charge is 0.335 e. The van der Waals surface area contributed by atoms with Crippen LogP contribution in [0.1, 0.15) is 10.4 Å². The Balaban J connectivity index is 2.35. The Labute approximate surface area is 118 Å². The maximum Gasteiger partial charge on any atom is 0.335 e. The fourth-order valence-electron chi connectivity index (χ4n) is 1.46. The summed E-state index contributed by atoms with van der Waals surface area (Å²) in [5, 5.41) is 8.80. The molecule has 9 heteroatoms. The Kier molecular flexibility index (Phi) is 3.85. The number of hydrogen-bond acceptors (Lipinski definition) is 4. The van der Waals surface area contributed by atoms with Crippen LogP contribution in [0, 0.1) is 11.6 Å². The van der Waals surface area contributed by atoms with E-state index < -0.39 is 32.5 Å². The van der Waals surface area contributed by atoms with Crippen molar-refractivity contribution in [3.8, 4) is 0 Å². The SMILES string of the molecule is O=C(O)c1ccnc(NS(=O)(=O)c2ccc(F)c(F)c2)c1. The quantitative estimate of drug-likeness (QED) is 0.898. The number of anilines is 1. The molecule has 0 amide bonds. The van der Waals surface area contributed by atoms with E-state index in [9.17, 15) is 22.0 Å². The van der Waals surface area contributed by atoms with E-state index in [-0.39, 0.29) is 11.4 Å². The van der Waals surface area contributed by atoms with Crippen LogP contribution < -0.4 is 4.72 Å². The first-order chi connectivity index (χ1) is 9.79. The lowest BCUT2D eigenvalue weighted by molar-refractivity contribution is 0.0696. The fraction of sp³-hybridized carbons (Fsp3) is 0. The van der Waals surface area contributed by atoms with Crippen molar-refractivity contribution in [2.24, 2.45) is 0 Å². The summed E-state index contributed by atoms with van der Waals surface area (Å²) in [6.45, 7) is 0. The molecule has 6 nitrogen and oxygen atoms in total. The van der Waals surface area contributed by atoms with Crippen molar-refractivity contribution < 1.29 is 27.1 Å². The Morgan fingerprint density at radius 2 is 1.86 bits per heavy atom. The van der Waals surface area contributed by atoms with Crippen LogP contribution in [0.3, 0.4) is 0 Å². The Hall–Kier alpha value is -2.55. The number of sulfonamides is 1. The monoisotopic (exact) mass is 314 g/mol. The summed E-state index contributed by atoms with van der Waals surface area (Å²) in [6.07, 6.45) is 1.10. The van der Waals surface area contributed by atoms with E-state index in [4.69, 9.17) is 5.11 Å². The molecule has 1 heterocycles. The molecule has 0 radical (unpaired) electrons. The second kappa shape index (κ2) is 5.44. The minimum atomic E-state index is -4.21. The van der Waals surface area contributed by atoms with Gasteiger partial charge in [0.2, 0.25) is 0 Å². The minimum Gasteiger partial charge on any atom is -0.478 e. The number of nitrogens with one attached hydrogen (secondary N) is 1. The van der Waals surface area contributed by atoms with Crippen molar-refractivity contribution in [2.75, 3.05) is 4.72 Å². The molecule has 0 spiro atoms. The van der Waals surface area contributed by atoms with Gasteiger partial charge in [-0.25, -0.2) is 27.0 Å². The Morgan fingerprint density at radius 3 is 2.48 bits per heavy atom. The number of rotatable bonds is 4. The lowest BCUT2D eigenvalue weighted by Crippen LogP contribution is -2.15. The number of hydrogen-bond donors (Lipinski definition) is 2. The van der Waals surface area contributed by atoms with Crippen molar-refractivity contribution >= 4 is 21.8 Å². The summed E-state index contributed by atoms with van der Waals surface area (Å²) in [4.78, 5) is 13.9. The molecule has 0 aliphatic heterocycles. The molecule has 110 valence electrons. The predicted octanol–water partition coefficient (Wildman–Crippen LogP) is 1.86. The minimum absolute atomic E-state index is 0.173. The normalized spacial score (nSPS) is 11.1. The molecule has 0 fully saturated rings. The van der Waals surface area contributed by atoms with Gasteiger partial charge in [0.25, 0.3) is 10.0 Å². The number of carbonyl (C=O) groups is 1. The molecule has 0 saturated heterocycles. The van der Waals surface area contributed by atoms with Gasteiger partial charge >= 0.3 is 5.97 Å². The highest BCUT2D eigenvalue weighted by Gasteiger charge is 2.18. The fourth-order valence-corrected chi connectivity index (χ4v) is 2.47. The molecule has 0 unspecified atom stereocenters. The number of carboxylic acids is 1. The van der Waals surface area contributed by atoms with E-state index in [1.165, 1.54) is 6.07 Å². The zero-order valence-corrected chi connectivity index (χ0v) is 11.1. The van der Waals surface area contributed by atoms with Crippen LogP contribution in [0.5, 0.6) is 0 Å². The van der Waals surface area contributed by atoms with Crippen LogP contribution in [-0.4, -0.2) is 24.5 Å².